The SMILES string of the molecule is CCNC(CN1CCCC1C)C12CC3CC(CC(C3)C1)C2. The maximum Gasteiger partial charge on any atom is 0.0251 e. The zero-order valence-corrected chi connectivity index (χ0v) is 14.1. The van der Waals surface area contributed by atoms with E-state index >= 15 is 0 Å². The van der Waals surface area contributed by atoms with Crippen LogP contribution in [-0.2, 0) is 0 Å². The Morgan fingerprint density at radius 1 is 1.10 bits per heavy atom. The number of likely N-dealkylation sites (tertiary alicyclic amines) is 1. The summed E-state index contributed by atoms with van der Waals surface area (Å²) in [5.74, 6) is 3.23. The van der Waals surface area contributed by atoms with Crippen LogP contribution in [0, 0.1) is 23.2 Å². The Kier molecular flexibility index (Phi) is 3.82. The van der Waals surface area contributed by atoms with Crippen molar-refractivity contribution in [3.63, 3.8) is 0 Å². The van der Waals surface area contributed by atoms with Gasteiger partial charge in [0.2, 0.25) is 0 Å². The number of hydrogen-bond acceptors (Lipinski definition) is 2. The molecule has 1 aliphatic heterocycles. The van der Waals surface area contributed by atoms with Crippen LogP contribution in [0.5, 0.6) is 0 Å². The fraction of sp³-hybridized carbons (Fsp3) is 1.00. The predicted octanol–water partition coefficient (Wildman–Crippen LogP) is 3.67. The van der Waals surface area contributed by atoms with Crippen LogP contribution in [0.1, 0.15) is 65.2 Å². The van der Waals surface area contributed by atoms with Gasteiger partial charge in [-0.1, -0.05) is 6.92 Å². The summed E-state index contributed by atoms with van der Waals surface area (Å²) in [6, 6.07) is 1.58. The summed E-state index contributed by atoms with van der Waals surface area (Å²) in [5.41, 5.74) is 0.660. The smallest absolute Gasteiger partial charge is 0.0251 e. The Morgan fingerprint density at radius 2 is 1.71 bits per heavy atom. The van der Waals surface area contributed by atoms with Crippen molar-refractivity contribution in [3.8, 4) is 0 Å². The molecule has 4 aliphatic carbocycles. The maximum absolute atomic E-state index is 3.95. The highest BCUT2D eigenvalue weighted by Crippen LogP contribution is 2.61. The normalized spacial score (nSPS) is 47.1. The van der Waals surface area contributed by atoms with Crippen molar-refractivity contribution in [1.29, 1.82) is 0 Å². The summed E-state index contributed by atoms with van der Waals surface area (Å²) in [6.07, 6.45) is 12.2. The molecule has 0 spiro atoms. The topological polar surface area (TPSA) is 15.3 Å². The minimum Gasteiger partial charge on any atom is -0.312 e. The van der Waals surface area contributed by atoms with Gasteiger partial charge >= 0.3 is 0 Å². The first-order valence-corrected chi connectivity index (χ1v) is 9.66. The molecule has 4 saturated carbocycles. The van der Waals surface area contributed by atoms with Gasteiger partial charge in [-0.25, -0.2) is 0 Å². The van der Waals surface area contributed by atoms with Gasteiger partial charge in [0.25, 0.3) is 0 Å². The first-order valence-electron chi connectivity index (χ1n) is 9.66. The molecule has 1 heterocycles. The molecule has 1 N–H and O–H groups in total. The van der Waals surface area contributed by atoms with Crippen LogP contribution in [-0.4, -0.2) is 36.6 Å². The van der Waals surface area contributed by atoms with Gasteiger partial charge in [0.1, 0.15) is 0 Å². The monoisotopic (exact) mass is 290 g/mol. The molecule has 1 saturated heterocycles. The summed E-state index contributed by atoms with van der Waals surface area (Å²) in [6.45, 7) is 8.56. The third kappa shape index (κ3) is 2.57. The highest BCUT2D eigenvalue weighted by Gasteiger charge is 2.54. The molecule has 21 heavy (non-hydrogen) atoms. The van der Waals surface area contributed by atoms with Crippen molar-refractivity contribution in [2.75, 3.05) is 19.6 Å². The van der Waals surface area contributed by atoms with Crippen LogP contribution in [0.2, 0.25) is 0 Å². The van der Waals surface area contributed by atoms with Crippen molar-refractivity contribution in [2.45, 2.75) is 77.3 Å². The second kappa shape index (κ2) is 5.53. The van der Waals surface area contributed by atoms with Gasteiger partial charge < -0.3 is 5.32 Å². The molecule has 0 aromatic heterocycles. The Bertz CT molecular complexity index is 342. The average Bonchev–Trinajstić information content (AvgIpc) is 2.82. The second-order valence-electron chi connectivity index (χ2n) is 8.88. The van der Waals surface area contributed by atoms with Gasteiger partial charge in [0.05, 0.1) is 0 Å². The summed E-state index contributed by atoms with van der Waals surface area (Å²) >= 11 is 0. The highest BCUT2D eigenvalue weighted by atomic mass is 15.2. The zero-order valence-electron chi connectivity index (χ0n) is 14.1. The van der Waals surface area contributed by atoms with E-state index in [1.807, 2.05) is 0 Å². The molecule has 4 bridgehead atoms. The Balaban J connectivity index is 1.52. The lowest BCUT2D eigenvalue weighted by atomic mass is 9.47. The molecule has 0 aromatic carbocycles. The van der Waals surface area contributed by atoms with E-state index < -0.39 is 0 Å². The average molecular weight is 290 g/mol. The van der Waals surface area contributed by atoms with E-state index in [-0.39, 0.29) is 0 Å². The molecular formula is C19H34N2. The van der Waals surface area contributed by atoms with E-state index in [4.69, 9.17) is 0 Å². The fourth-order valence-electron chi connectivity index (χ4n) is 6.82. The lowest BCUT2D eigenvalue weighted by molar-refractivity contribution is -0.0788. The minimum atomic E-state index is 0.660. The summed E-state index contributed by atoms with van der Waals surface area (Å²) < 4.78 is 0. The van der Waals surface area contributed by atoms with E-state index in [2.05, 4.69) is 24.1 Å². The quantitative estimate of drug-likeness (QED) is 0.831. The van der Waals surface area contributed by atoms with Crippen molar-refractivity contribution in [1.82, 2.24) is 10.2 Å². The number of hydrogen-bond donors (Lipinski definition) is 1. The molecular weight excluding hydrogens is 256 g/mol. The van der Waals surface area contributed by atoms with Crippen molar-refractivity contribution in [3.05, 3.63) is 0 Å². The predicted molar refractivity (Wildman–Crippen MR) is 88.3 cm³/mol. The Hall–Kier alpha value is -0.0800. The molecule has 5 fully saturated rings. The third-order valence-corrected chi connectivity index (χ3v) is 7.38. The van der Waals surface area contributed by atoms with Crippen LogP contribution >= 0.6 is 0 Å². The molecule has 0 radical (unpaired) electrons. The lowest BCUT2D eigenvalue weighted by Crippen LogP contribution is -2.59. The number of rotatable bonds is 5. The third-order valence-electron chi connectivity index (χ3n) is 7.38. The fourth-order valence-corrected chi connectivity index (χ4v) is 6.82. The molecule has 120 valence electrons. The van der Waals surface area contributed by atoms with Crippen LogP contribution in [0.15, 0.2) is 0 Å². The maximum atomic E-state index is 3.95. The van der Waals surface area contributed by atoms with E-state index in [1.165, 1.54) is 25.9 Å². The van der Waals surface area contributed by atoms with Gasteiger partial charge in [-0.3, -0.25) is 4.90 Å². The largest absolute Gasteiger partial charge is 0.312 e. The summed E-state index contributed by atoms with van der Waals surface area (Å²) in [7, 11) is 0. The number of likely N-dealkylation sites (N-methyl/N-ethyl adjacent to an activating group) is 1. The molecule has 0 amide bonds. The molecule has 5 rings (SSSR count). The van der Waals surface area contributed by atoms with E-state index in [1.54, 1.807) is 38.5 Å². The summed E-state index contributed by atoms with van der Waals surface area (Å²) in [4.78, 5) is 2.78. The van der Waals surface area contributed by atoms with Gasteiger partial charge in [0, 0.05) is 18.6 Å². The molecule has 2 unspecified atom stereocenters. The van der Waals surface area contributed by atoms with Crippen LogP contribution < -0.4 is 5.32 Å². The van der Waals surface area contributed by atoms with Crippen LogP contribution in [0.4, 0.5) is 0 Å². The van der Waals surface area contributed by atoms with Crippen molar-refractivity contribution >= 4 is 0 Å². The first-order chi connectivity index (χ1) is 10.2. The second-order valence-corrected chi connectivity index (χ2v) is 8.88. The van der Waals surface area contributed by atoms with Gasteiger partial charge in [-0.05, 0) is 94.5 Å². The van der Waals surface area contributed by atoms with E-state index in [9.17, 15) is 0 Å². The van der Waals surface area contributed by atoms with Gasteiger partial charge in [0.15, 0.2) is 0 Å². The lowest BCUT2D eigenvalue weighted by Gasteiger charge is -2.60. The van der Waals surface area contributed by atoms with Gasteiger partial charge in [-0.15, -0.1) is 0 Å². The standard InChI is InChI=1S/C19H34N2/c1-3-20-18(13-21-6-4-5-14(21)2)19-10-15-7-16(11-19)9-17(8-15)12-19/h14-18,20H,3-13H2,1-2H3. The summed E-state index contributed by atoms with van der Waals surface area (Å²) in [5, 5.41) is 3.95. The molecule has 2 atom stereocenters. The van der Waals surface area contributed by atoms with Crippen molar-refractivity contribution < 1.29 is 0 Å². The molecule has 2 heteroatoms. The Morgan fingerprint density at radius 3 is 2.19 bits per heavy atom. The molecule has 2 nitrogen and oxygen atoms in total. The van der Waals surface area contributed by atoms with E-state index in [0.717, 1.165) is 36.4 Å². The van der Waals surface area contributed by atoms with Gasteiger partial charge in [-0.2, -0.15) is 0 Å². The molecule has 5 aliphatic rings. The minimum absolute atomic E-state index is 0.660. The van der Waals surface area contributed by atoms with E-state index in [0.29, 0.717) is 5.41 Å². The van der Waals surface area contributed by atoms with Crippen LogP contribution in [0.3, 0.4) is 0 Å². The first kappa shape index (κ1) is 14.5. The highest BCUT2D eigenvalue weighted by molar-refractivity contribution is 5.07. The molecule has 0 aromatic rings. The zero-order chi connectivity index (χ0) is 14.4. The van der Waals surface area contributed by atoms with Crippen molar-refractivity contribution in [2.24, 2.45) is 23.2 Å². The Labute approximate surface area is 131 Å². The number of nitrogens with zero attached hydrogens (tertiary/aromatic N) is 1. The number of nitrogens with one attached hydrogen (secondary N) is 1. The van der Waals surface area contributed by atoms with Crippen LogP contribution in [0.25, 0.3) is 0 Å².